The number of hydrogen-bond donors (Lipinski definition) is 1. The molecule has 1 N–H and O–H groups in total. The summed E-state index contributed by atoms with van der Waals surface area (Å²) >= 11 is 1.58. The highest BCUT2D eigenvalue weighted by Gasteiger charge is 2.31. The summed E-state index contributed by atoms with van der Waals surface area (Å²) in [6.45, 7) is 1.21. The zero-order valence-corrected chi connectivity index (χ0v) is 11.3. The normalized spacial score (nSPS) is 11.6. The Bertz CT molecular complexity index is 529. The lowest BCUT2D eigenvalue weighted by Crippen LogP contribution is -2.18. The third-order valence-corrected chi connectivity index (χ3v) is 3.30. The SMILES string of the molecule is FC(F)(F)Oc1cccc(CNCCc2nccs2)c1. The van der Waals surface area contributed by atoms with Gasteiger partial charge in [0.25, 0.3) is 0 Å². The van der Waals surface area contributed by atoms with Crippen LogP contribution in [0.3, 0.4) is 0 Å². The molecule has 108 valence electrons. The van der Waals surface area contributed by atoms with Crippen molar-refractivity contribution in [1.82, 2.24) is 10.3 Å². The van der Waals surface area contributed by atoms with Gasteiger partial charge in [-0.25, -0.2) is 4.98 Å². The van der Waals surface area contributed by atoms with Crippen LogP contribution < -0.4 is 10.1 Å². The second-order valence-corrected chi connectivity index (χ2v) is 5.03. The first kappa shape index (κ1) is 14.8. The largest absolute Gasteiger partial charge is 0.573 e. The first-order valence-electron chi connectivity index (χ1n) is 5.97. The second-order valence-electron chi connectivity index (χ2n) is 4.05. The van der Waals surface area contributed by atoms with E-state index in [0.29, 0.717) is 6.54 Å². The summed E-state index contributed by atoms with van der Waals surface area (Å²) in [5.41, 5.74) is 0.742. The van der Waals surface area contributed by atoms with E-state index in [0.717, 1.165) is 23.5 Å². The molecule has 0 saturated heterocycles. The van der Waals surface area contributed by atoms with Gasteiger partial charge < -0.3 is 10.1 Å². The summed E-state index contributed by atoms with van der Waals surface area (Å²) in [5.74, 6) is -0.197. The van der Waals surface area contributed by atoms with E-state index in [1.165, 1.54) is 12.1 Å². The Labute approximate surface area is 118 Å². The first-order valence-corrected chi connectivity index (χ1v) is 6.85. The van der Waals surface area contributed by atoms with E-state index >= 15 is 0 Å². The number of thiazole rings is 1. The minimum atomic E-state index is -4.66. The third kappa shape index (κ3) is 5.18. The summed E-state index contributed by atoms with van der Waals surface area (Å²) in [7, 11) is 0. The molecule has 20 heavy (non-hydrogen) atoms. The van der Waals surface area contributed by atoms with Gasteiger partial charge in [0.05, 0.1) is 5.01 Å². The Hall–Kier alpha value is -1.60. The molecule has 0 atom stereocenters. The van der Waals surface area contributed by atoms with Crippen molar-refractivity contribution in [3.05, 3.63) is 46.4 Å². The first-order chi connectivity index (χ1) is 9.53. The fourth-order valence-corrected chi connectivity index (χ4v) is 2.28. The summed E-state index contributed by atoms with van der Waals surface area (Å²) in [6, 6.07) is 5.95. The molecule has 1 aromatic heterocycles. The van der Waals surface area contributed by atoms with E-state index < -0.39 is 6.36 Å². The van der Waals surface area contributed by atoms with Gasteiger partial charge in [-0.05, 0) is 17.7 Å². The molecule has 2 aromatic rings. The number of rotatable bonds is 6. The van der Waals surface area contributed by atoms with Gasteiger partial charge in [-0.1, -0.05) is 12.1 Å². The lowest BCUT2D eigenvalue weighted by molar-refractivity contribution is -0.274. The van der Waals surface area contributed by atoms with Crippen molar-refractivity contribution >= 4 is 11.3 Å². The van der Waals surface area contributed by atoms with Crippen LogP contribution in [0.4, 0.5) is 13.2 Å². The fraction of sp³-hybridized carbons (Fsp3) is 0.308. The van der Waals surface area contributed by atoms with E-state index in [9.17, 15) is 13.2 Å². The molecule has 7 heteroatoms. The average molecular weight is 302 g/mol. The lowest BCUT2D eigenvalue weighted by atomic mass is 10.2. The van der Waals surface area contributed by atoms with Crippen molar-refractivity contribution in [3.63, 3.8) is 0 Å². The summed E-state index contributed by atoms with van der Waals surface area (Å²) < 4.78 is 40.2. The molecule has 1 aromatic carbocycles. The fourth-order valence-electron chi connectivity index (χ4n) is 1.66. The van der Waals surface area contributed by atoms with Gasteiger partial charge in [0.2, 0.25) is 0 Å². The van der Waals surface area contributed by atoms with Crippen LogP contribution in [0.5, 0.6) is 5.75 Å². The number of alkyl halides is 3. The maximum absolute atomic E-state index is 12.1. The van der Waals surface area contributed by atoms with Crippen LogP contribution in [0.25, 0.3) is 0 Å². The molecule has 0 unspecified atom stereocenters. The zero-order valence-electron chi connectivity index (χ0n) is 10.5. The molecule has 0 spiro atoms. The van der Waals surface area contributed by atoms with Crippen molar-refractivity contribution in [1.29, 1.82) is 0 Å². The maximum atomic E-state index is 12.1. The Morgan fingerprint density at radius 3 is 2.85 bits per heavy atom. The van der Waals surface area contributed by atoms with Crippen LogP contribution in [0.1, 0.15) is 10.6 Å². The van der Waals surface area contributed by atoms with Crippen LogP contribution in [0, 0.1) is 0 Å². The van der Waals surface area contributed by atoms with Crippen molar-refractivity contribution < 1.29 is 17.9 Å². The number of nitrogens with zero attached hydrogens (tertiary/aromatic N) is 1. The quantitative estimate of drug-likeness (QED) is 0.831. The molecular formula is C13H13F3N2OS. The Balaban J connectivity index is 1.79. The van der Waals surface area contributed by atoms with Crippen LogP contribution in [0.15, 0.2) is 35.8 Å². The van der Waals surface area contributed by atoms with Gasteiger partial charge in [-0.3, -0.25) is 0 Å². The minimum Gasteiger partial charge on any atom is -0.406 e. The van der Waals surface area contributed by atoms with E-state index in [1.54, 1.807) is 29.7 Å². The third-order valence-electron chi connectivity index (χ3n) is 2.46. The highest BCUT2D eigenvalue weighted by atomic mass is 32.1. The van der Waals surface area contributed by atoms with Crippen molar-refractivity contribution in [2.45, 2.75) is 19.3 Å². The van der Waals surface area contributed by atoms with Gasteiger partial charge >= 0.3 is 6.36 Å². The van der Waals surface area contributed by atoms with Crippen molar-refractivity contribution in [2.75, 3.05) is 6.54 Å². The van der Waals surface area contributed by atoms with E-state index in [-0.39, 0.29) is 5.75 Å². The van der Waals surface area contributed by atoms with Gasteiger partial charge in [0, 0.05) is 31.1 Å². The van der Waals surface area contributed by atoms with Crippen LogP contribution >= 0.6 is 11.3 Å². The molecule has 0 fully saturated rings. The van der Waals surface area contributed by atoms with E-state index in [2.05, 4.69) is 15.0 Å². The number of halogens is 3. The molecule has 1 heterocycles. The molecular weight excluding hydrogens is 289 g/mol. The van der Waals surface area contributed by atoms with Gasteiger partial charge in [0.15, 0.2) is 0 Å². The Morgan fingerprint density at radius 2 is 2.15 bits per heavy atom. The molecule has 0 radical (unpaired) electrons. The number of hydrogen-bond acceptors (Lipinski definition) is 4. The Kier molecular flexibility index (Phi) is 4.97. The molecule has 3 nitrogen and oxygen atoms in total. The highest BCUT2D eigenvalue weighted by molar-refractivity contribution is 7.09. The maximum Gasteiger partial charge on any atom is 0.573 e. The van der Waals surface area contributed by atoms with Crippen LogP contribution in [0.2, 0.25) is 0 Å². The molecule has 0 bridgehead atoms. The van der Waals surface area contributed by atoms with E-state index in [4.69, 9.17) is 0 Å². The Morgan fingerprint density at radius 1 is 1.30 bits per heavy atom. The minimum absolute atomic E-state index is 0.197. The number of ether oxygens (including phenoxy) is 1. The highest BCUT2D eigenvalue weighted by Crippen LogP contribution is 2.23. The predicted molar refractivity (Wildman–Crippen MR) is 70.6 cm³/mol. The van der Waals surface area contributed by atoms with Crippen LogP contribution in [-0.2, 0) is 13.0 Å². The summed E-state index contributed by atoms with van der Waals surface area (Å²) in [6.07, 6.45) is -2.11. The smallest absolute Gasteiger partial charge is 0.406 e. The van der Waals surface area contributed by atoms with Gasteiger partial charge in [-0.2, -0.15) is 0 Å². The zero-order chi connectivity index (χ0) is 14.4. The number of aromatic nitrogens is 1. The topological polar surface area (TPSA) is 34.1 Å². The van der Waals surface area contributed by atoms with Crippen LogP contribution in [-0.4, -0.2) is 17.9 Å². The molecule has 2 rings (SSSR count). The number of benzene rings is 1. The van der Waals surface area contributed by atoms with E-state index in [1.807, 2.05) is 5.38 Å². The molecule has 0 amide bonds. The second kappa shape index (κ2) is 6.71. The predicted octanol–water partition coefficient (Wildman–Crippen LogP) is 3.37. The average Bonchev–Trinajstić information content (AvgIpc) is 2.86. The van der Waals surface area contributed by atoms with Crippen molar-refractivity contribution in [3.8, 4) is 5.75 Å². The molecule has 0 aliphatic carbocycles. The van der Waals surface area contributed by atoms with Gasteiger partial charge in [0.1, 0.15) is 5.75 Å². The number of nitrogens with one attached hydrogen (secondary N) is 1. The molecule has 0 aliphatic heterocycles. The lowest BCUT2D eigenvalue weighted by Gasteiger charge is -2.10. The van der Waals surface area contributed by atoms with Crippen molar-refractivity contribution in [2.24, 2.45) is 0 Å². The monoisotopic (exact) mass is 302 g/mol. The summed E-state index contributed by atoms with van der Waals surface area (Å²) in [4.78, 5) is 4.15. The molecule has 0 aliphatic rings. The standard InChI is InChI=1S/C13H13F3N2OS/c14-13(15,16)19-11-3-1-2-10(8-11)9-17-5-4-12-18-6-7-20-12/h1-3,6-8,17H,4-5,9H2. The van der Waals surface area contributed by atoms with Gasteiger partial charge in [-0.15, -0.1) is 24.5 Å². The summed E-state index contributed by atoms with van der Waals surface area (Å²) in [5, 5.41) is 6.10. The molecule has 0 saturated carbocycles.